The van der Waals surface area contributed by atoms with Crippen LogP contribution in [0.15, 0.2) is 24.3 Å². The summed E-state index contributed by atoms with van der Waals surface area (Å²) < 4.78 is 12.0. The van der Waals surface area contributed by atoms with Crippen molar-refractivity contribution in [1.29, 1.82) is 0 Å². The van der Waals surface area contributed by atoms with E-state index in [1.54, 1.807) is 0 Å². The van der Waals surface area contributed by atoms with Crippen LogP contribution in [0.5, 0.6) is 11.5 Å². The molecule has 0 saturated carbocycles. The normalized spacial score (nSPS) is 13.5. The van der Waals surface area contributed by atoms with Gasteiger partial charge < -0.3 is 9.47 Å². The van der Waals surface area contributed by atoms with Crippen LogP contribution in [-0.4, -0.2) is 12.2 Å². The van der Waals surface area contributed by atoms with E-state index in [0.717, 1.165) is 24.3 Å². The van der Waals surface area contributed by atoms with E-state index in [4.69, 9.17) is 9.47 Å². The van der Waals surface area contributed by atoms with Gasteiger partial charge in [0.1, 0.15) is 11.5 Å². The third-order valence-electron chi connectivity index (χ3n) is 4.43. The first-order chi connectivity index (χ1) is 11.7. The summed E-state index contributed by atoms with van der Waals surface area (Å²) >= 11 is 0. The van der Waals surface area contributed by atoms with Gasteiger partial charge in [0, 0.05) is 0 Å². The lowest BCUT2D eigenvalue weighted by Gasteiger charge is -2.17. The topological polar surface area (TPSA) is 18.5 Å². The molecule has 0 aliphatic heterocycles. The predicted molar refractivity (Wildman–Crippen MR) is 104 cm³/mol. The second kappa shape index (κ2) is 13.1. The maximum atomic E-state index is 5.99. The molecule has 1 aromatic rings. The van der Waals surface area contributed by atoms with Crippen LogP contribution in [0.3, 0.4) is 0 Å². The fraction of sp³-hybridized carbons (Fsp3) is 0.727. The minimum atomic E-state index is 0.283. The van der Waals surface area contributed by atoms with Crippen LogP contribution in [0, 0.1) is 0 Å². The van der Waals surface area contributed by atoms with Gasteiger partial charge in [-0.15, -0.1) is 0 Å². The van der Waals surface area contributed by atoms with Crippen LogP contribution >= 0.6 is 0 Å². The van der Waals surface area contributed by atoms with Crippen molar-refractivity contribution < 1.29 is 9.47 Å². The molecule has 0 saturated heterocycles. The molecule has 1 rings (SSSR count). The Hall–Kier alpha value is -1.18. The van der Waals surface area contributed by atoms with E-state index in [2.05, 4.69) is 27.7 Å². The lowest BCUT2D eigenvalue weighted by atomic mass is 10.1. The highest BCUT2D eigenvalue weighted by Gasteiger charge is 2.06. The molecule has 2 nitrogen and oxygen atoms in total. The number of ether oxygens (including phenoxy) is 2. The molecule has 2 heteroatoms. The van der Waals surface area contributed by atoms with Crippen LogP contribution in [0.1, 0.15) is 91.9 Å². The van der Waals surface area contributed by atoms with Crippen molar-refractivity contribution >= 4 is 0 Å². The summed E-state index contributed by atoms with van der Waals surface area (Å²) in [7, 11) is 0. The van der Waals surface area contributed by atoms with Crippen molar-refractivity contribution in [3.8, 4) is 11.5 Å². The molecule has 0 heterocycles. The van der Waals surface area contributed by atoms with Crippen molar-refractivity contribution in [3.63, 3.8) is 0 Å². The summed E-state index contributed by atoms with van der Waals surface area (Å²) in [4.78, 5) is 0. The monoisotopic (exact) mass is 334 g/mol. The third kappa shape index (κ3) is 9.85. The van der Waals surface area contributed by atoms with Crippen molar-refractivity contribution in [2.24, 2.45) is 0 Å². The Balaban J connectivity index is 2.26. The predicted octanol–water partition coefficient (Wildman–Crippen LogP) is 7.16. The van der Waals surface area contributed by atoms with E-state index >= 15 is 0 Å². The van der Waals surface area contributed by atoms with Gasteiger partial charge in [-0.1, -0.05) is 52.4 Å². The summed E-state index contributed by atoms with van der Waals surface area (Å²) in [5.74, 6) is 1.89. The second-order valence-corrected chi connectivity index (χ2v) is 7.03. The molecule has 0 N–H and O–H groups in total. The number of rotatable bonds is 14. The fourth-order valence-electron chi connectivity index (χ4n) is 2.90. The molecule has 0 aliphatic rings. The Kier molecular flexibility index (Phi) is 11.4. The number of hydrogen-bond acceptors (Lipinski definition) is 2. The minimum Gasteiger partial charge on any atom is -0.491 e. The molecule has 2 unspecified atom stereocenters. The van der Waals surface area contributed by atoms with Gasteiger partial charge in [0.05, 0.1) is 12.2 Å². The van der Waals surface area contributed by atoms with E-state index < -0.39 is 0 Å². The van der Waals surface area contributed by atoms with Crippen molar-refractivity contribution in [3.05, 3.63) is 24.3 Å². The standard InChI is InChI=1S/C22H38O2/c1-5-7-9-11-13-19(3)23-21-15-17-22(18-16-21)24-20(4)14-12-10-8-6-2/h15-20H,5-14H2,1-4H3. The smallest absolute Gasteiger partial charge is 0.119 e. The van der Waals surface area contributed by atoms with E-state index in [-0.39, 0.29) is 12.2 Å². The summed E-state index contributed by atoms with van der Waals surface area (Å²) in [6.07, 6.45) is 13.2. The molecular formula is C22H38O2. The number of unbranched alkanes of at least 4 members (excludes halogenated alkanes) is 6. The summed E-state index contributed by atoms with van der Waals surface area (Å²) in [6.45, 7) is 8.81. The maximum Gasteiger partial charge on any atom is 0.119 e. The minimum absolute atomic E-state index is 0.283. The highest BCUT2D eigenvalue weighted by molar-refractivity contribution is 5.31. The SMILES string of the molecule is CCCCCCC(C)Oc1ccc(OC(C)CCCCCC)cc1. The van der Waals surface area contributed by atoms with E-state index in [1.807, 2.05) is 24.3 Å². The van der Waals surface area contributed by atoms with E-state index in [9.17, 15) is 0 Å². The van der Waals surface area contributed by atoms with Gasteiger partial charge in [-0.2, -0.15) is 0 Å². The van der Waals surface area contributed by atoms with Crippen LogP contribution < -0.4 is 9.47 Å². The van der Waals surface area contributed by atoms with E-state index in [1.165, 1.54) is 51.4 Å². The van der Waals surface area contributed by atoms with Crippen molar-refractivity contribution in [1.82, 2.24) is 0 Å². The van der Waals surface area contributed by atoms with Gasteiger partial charge in [-0.25, -0.2) is 0 Å². The van der Waals surface area contributed by atoms with Crippen LogP contribution in [0.25, 0.3) is 0 Å². The van der Waals surface area contributed by atoms with Crippen LogP contribution in [-0.2, 0) is 0 Å². The lowest BCUT2D eigenvalue weighted by Crippen LogP contribution is -2.12. The van der Waals surface area contributed by atoms with Crippen molar-refractivity contribution in [2.75, 3.05) is 0 Å². The quantitative estimate of drug-likeness (QED) is 0.336. The van der Waals surface area contributed by atoms with Gasteiger partial charge >= 0.3 is 0 Å². The largest absolute Gasteiger partial charge is 0.491 e. The zero-order valence-corrected chi connectivity index (χ0v) is 16.4. The molecule has 0 aromatic heterocycles. The third-order valence-corrected chi connectivity index (χ3v) is 4.43. The van der Waals surface area contributed by atoms with Gasteiger partial charge in [0.2, 0.25) is 0 Å². The fourth-order valence-corrected chi connectivity index (χ4v) is 2.90. The Morgan fingerprint density at radius 2 is 1.00 bits per heavy atom. The summed E-state index contributed by atoms with van der Waals surface area (Å²) in [6, 6.07) is 8.12. The molecule has 138 valence electrons. The van der Waals surface area contributed by atoms with Crippen LogP contribution in [0.4, 0.5) is 0 Å². The number of benzene rings is 1. The van der Waals surface area contributed by atoms with Gasteiger partial charge in [0.15, 0.2) is 0 Å². The summed E-state index contributed by atoms with van der Waals surface area (Å²) in [5.41, 5.74) is 0. The summed E-state index contributed by atoms with van der Waals surface area (Å²) in [5, 5.41) is 0. The number of hydrogen-bond donors (Lipinski definition) is 0. The molecule has 0 aliphatic carbocycles. The van der Waals surface area contributed by atoms with Crippen molar-refractivity contribution in [2.45, 2.75) is 104 Å². The Labute approximate surface area is 149 Å². The molecule has 1 aromatic carbocycles. The molecular weight excluding hydrogens is 296 g/mol. The van der Waals surface area contributed by atoms with Gasteiger partial charge in [0.25, 0.3) is 0 Å². The molecule has 2 atom stereocenters. The Morgan fingerprint density at radius 1 is 0.625 bits per heavy atom. The maximum absolute atomic E-state index is 5.99. The molecule has 0 spiro atoms. The Bertz CT molecular complexity index is 360. The molecule has 24 heavy (non-hydrogen) atoms. The lowest BCUT2D eigenvalue weighted by molar-refractivity contribution is 0.200. The Morgan fingerprint density at radius 3 is 1.33 bits per heavy atom. The van der Waals surface area contributed by atoms with Gasteiger partial charge in [-0.3, -0.25) is 0 Å². The highest BCUT2D eigenvalue weighted by atomic mass is 16.5. The van der Waals surface area contributed by atoms with Crippen LogP contribution in [0.2, 0.25) is 0 Å². The zero-order valence-electron chi connectivity index (χ0n) is 16.4. The van der Waals surface area contributed by atoms with E-state index in [0.29, 0.717) is 0 Å². The molecule has 0 bridgehead atoms. The zero-order chi connectivity index (χ0) is 17.6. The molecule has 0 fully saturated rings. The van der Waals surface area contributed by atoms with Gasteiger partial charge in [-0.05, 0) is 63.8 Å². The highest BCUT2D eigenvalue weighted by Crippen LogP contribution is 2.22. The average Bonchev–Trinajstić information content (AvgIpc) is 2.57. The average molecular weight is 335 g/mol. The first kappa shape index (κ1) is 20.9. The molecule has 0 amide bonds. The first-order valence-corrected chi connectivity index (χ1v) is 10.1. The molecule has 0 radical (unpaired) electrons. The second-order valence-electron chi connectivity index (χ2n) is 7.03. The first-order valence-electron chi connectivity index (χ1n) is 10.1.